The van der Waals surface area contributed by atoms with Gasteiger partial charge in [-0.25, -0.2) is 8.42 Å². The Hall–Kier alpha value is -0.910. The molecule has 2 saturated heterocycles. The molecule has 2 fully saturated rings. The number of hydrogen-bond donors (Lipinski definition) is 1. The maximum absolute atomic E-state index is 11.5. The van der Waals surface area contributed by atoms with Gasteiger partial charge in [-0.15, -0.1) is 0 Å². The Morgan fingerprint density at radius 2 is 2.00 bits per heavy atom. The highest BCUT2D eigenvalue weighted by Crippen LogP contribution is 2.51. The van der Waals surface area contributed by atoms with Crippen LogP contribution in [0.15, 0.2) is 30.3 Å². The van der Waals surface area contributed by atoms with Crippen molar-refractivity contribution in [1.82, 2.24) is 4.90 Å². The van der Waals surface area contributed by atoms with E-state index in [1.807, 2.05) is 18.2 Å². The van der Waals surface area contributed by atoms with Crippen molar-refractivity contribution in [2.75, 3.05) is 25.2 Å². The summed E-state index contributed by atoms with van der Waals surface area (Å²) in [5.74, 6) is 0.215. The lowest BCUT2D eigenvalue weighted by Crippen LogP contribution is -2.43. The van der Waals surface area contributed by atoms with Crippen LogP contribution in [0.5, 0.6) is 0 Å². The minimum atomic E-state index is -2.94. The average molecular weight is 323 g/mol. The largest absolute Gasteiger partial charge is 0.396 e. The van der Waals surface area contributed by atoms with E-state index in [1.54, 1.807) is 0 Å². The van der Waals surface area contributed by atoms with Gasteiger partial charge in [0.05, 0.1) is 12.4 Å². The van der Waals surface area contributed by atoms with Gasteiger partial charge in [-0.2, -0.15) is 0 Å². The molecule has 3 rings (SSSR count). The number of rotatable bonds is 6. The monoisotopic (exact) mass is 323 g/mol. The minimum Gasteiger partial charge on any atom is -0.396 e. The van der Waals surface area contributed by atoms with Crippen LogP contribution < -0.4 is 0 Å². The van der Waals surface area contributed by atoms with Crippen LogP contribution >= 0.6 is 0 Å². The first-order valence-corrected chi connectivity index (χ1v) is 10.1. The highest BCUT2D eigenvalue weighted by Gasteiger charge is 2.55. The summed E-state index contributed by atoms with van der Waals surface area (Å²) in [5.41, 5.74) is 1.15. The zero-order chi connectivity index (χ0) is 15.8. The first-order valence-electron chi connectivity index (χ1n) is 8.02. The Kier molecular flexibility index (Phi) is 4.32. The molecule has 5 heteroatoms. The molecule has 0 saturated carbocycles. The molecule has 0 unspecified atom stereocenters. The van der Waals surface area contributed by atoms with Crippen molar-refractivity contribution in [2.45, 2.75) is 37.8 Å². The fourth-order valence-electron chi connectivity index (χ4n) is 4.45. The molecular formula is C17H25NO3S. The van der Waals surface area contributed by atoms with Crippen LogP contribution in [0.2, 0.25) is 0 Å². The van der Waals surface area contributed by atoms with Gasteiger partial charge >= 0.3 is 0 Å². The second kappa shape index (κ2) is 5.95. The minimum absolute atomic E-state index is 0.109. The smallest absolute Gasteiger partial charge is 0.148 e. The number of aliphatic hydroxyl groups is 1. The van der Waals surface area contributed by atoms with Crippen molar-refractivity contribution in [3.8, 4) is 0 Å². The molecule has 1 aromatic carbocycles. The number of aliphatic hydroxyl groups excluding tert-OH is 1. The Balaban J connectivity index is 1.77. The summed E-state index contributed by atoms with van der Waals surface area (Å²) < 4.78 is 22.9. The molecule has 22 heavy (non-hydrogen) atoms. The molecule has 1 aromatic rings. The van der Waals surface area contributed by atoms with Crippen LogP contribution in [0.25, 0.3) is 0 Å². The summed E-state index contributed by atoms with van der Waals surface area (Å²) in [4.78, 5) is 2.35. The van der Waals surface area contributed by atoms with Crippen molar-refractivity contribution in [3.63, 3.8) is 0 Å². The van der Waals surface area contributed by atoms with Crippen LogP contribution in [-0.2, 0) is 16.3 Å². The molecule has 4 nitrogen and oxygen atoms in total. The summed E-state index contributed by atoms with van der Waals surface area (Å²) in [7, 11) is -2.94. The van der Waals surface area contributed by atoms with Gasteiger partial charge in [0.25, 0.3) is 0 Å². The van der Waals surface area contributed by atoms with Crippen molar-refractivity contribution in [3.05, 3.63) is 35.9 Å². The van der Waals surface area contributed by atoms with E-state index < -0.39 is 9.84 Å². The second-order valence-electron chi connectivity index (χ2n) is 7.00. The third kappa shape index (κ3) is 3.07. The van der Waals surface area contributed by atoms with E-state index in [0.29, 0.717) is 18.6 Å². The van der Waals surface area contributed by atoms with Crippen molar-refractivity contribution >= 4 is 9.84 Å². The fourth-order valence-corrected chi connectivity index (χ4v) is 4.99. The fraction of sp³-hybridized carbons (Fsp3) is 0.647. The lowest BCUT2D eigenvalue weighted by Gasteiger charge is -2.36. The molecule has 122 valence electrons. The van der Waals surface area contributed by atoms with Gasteiger partial charge in [0, 0.05) is 30.3 Å². The van der Waals surface area contributed by atoms with Crippen molar-refractivity contribution in [1.29, 1.82) is 0 Å². The van der Waals surface area contributed by atoms with E-state index >= 15 is 0 Å². The van der Waals surface area contributed by atoms with Crippen LogP contribution in [0, 0.1) is 5.41 Å². The van der Waals surface area contributed by atoms with Gasteiger partial charge in [0.1, 0.15) is 9.84 Å². The highest BCUT2D eigenvalue weighted by molar-refractivity contribution is 7.90. The zero-order valence-corrected chi connectivity index (χ0v) is 13.9. The normalized spacial score (nSPS) is 31.7. The summed E-state index contributed by atoms with van der Waals surface area (Å²) in [6.45, 7) is 0.781. The Morgan fingerprint density at radius 3 is 2.64 bits per heavy atom. The van der Waals surface area contributed by atoms with E-state index in [-0.39, 0.29) is 17.8 Å². The van der Waals surface area contributed by atoms with Gasteiger partial charge in [-0.1, -0.05) is 30.3 Å². The molecule has 2 heterocycles. The molecule has 0 amide bonds. The van der Waals surface area contributed by atoms with E-state index in [1.165, 1.54) is 11.8 Å². The summed E-state index contributed by atoms with van der Waals surface area (Å²) >= 11 is 0. The Bertz CT molecular complexity index is 616. The quantitative estimate of drug-likeness (QED) is 0.862. The molecule has 0 radical (unpaired) electrons. The van der Waals surface area contributed by atoms with Gasteiger partial charge in [-0.3, -0.25) is 4.90 Å². The topological polar surface area (TPSA) is 57.6 Å². The molecule has 1 N–H and O–H groups in total. The van der Waals surface area contributed by atoms with E-state index in [0.717, 1.165) is 25.7 Å². The number of nitrogens with zero attached hydrogens (tertiary/aromatic N) is 1. The van der Waals surface area contributed by atoms with E-state index in [4.69, 9.17) is 0 Å². The predicted octanol–water partition coefficient (Wildman–Crippen LogP) is 1.49. The van der Waals surface area contributed by atoms with Crippen molar-refractivity contribution in [2.24, 2.45) is 5.41 Å². The summed E-state index contributed by atoms with van der Waals surface area (Å²) in [6.07, 6.45) is 5.36. The third-order valence-corrected chi connectivity index (χ3v) is 6.35. The second-order valence-corrected chi connectivity index (χ2v) is 9.26. The SMILES string of the molecule is CS(=O)(=O)CCN1[C@@H]2CC[C@H]1[C@](CO)(Cc1ccccc1)C2. The number of hydrogen-bond acceptors (Lipinski definition) is 4. The summed E-state index contributed by atoms with van der Waals surface area (Å²) in [5, 5.41) is 10.1. The predicted molar refractivity (Wildman–Crippen MR) is 87.5 cm³/mol. The average Bonchev–Trinajstić information content (AvgIpc) is 3.00. The Morgan fingerprint density at radius 1 is 1.27 bits per heavy atom. The Labute approximate surface area is 133 Å². The zero-order valence-electron chi connectivity index (χ0n) is 13.1. The van der Waals surface area contributed by atoms with Crippen LogP contribution in [-0.4, -0.2) is 55.7 Å². The van der Waals surface area contributed by atoms with Gasteiger partial charge in [0.15, 0.2) is 0 Å². The maximum atomic E-state index is 11.5. The molecule has 0 aromatic heterocycles. The van der Waals surface area contributed by atoms with Crippen LogP contribution in [0.3, 0.4) is 0 Å². The number of fused-ring (bicyclic) bond motifs is 2. The highest BCUT2D eigenvalue weighted by atomic mass is 32.2. The molecule has 0 spiro atoms. The number of sulfone groups is 1. The van der Waals surface area contributed by atoms with Crippen LogP contribution in [0.4, 0.5) is 0 Å². The molecular weight excluding hydrogens is 298 g/mol. The molecule has 2 aliphatic rings. The number of benzene rings is 1. The first-order chi connectivity index (χ1) is 10.4. The van der Waals surface area contributed by atoms with E-state index in [2.05, 4.69) is 17.0 Å². The molecule has 3 atom stereocenters. The lowest BCUT2D eigenvalue weighted by molar-refractivity contribution is 0.0781. The standard InChI is InChI=1S/C17H25NO3S/c1-22(20,21)10-9-18-15-7-8-16(18)17(12-15,13-19)11-14-5-3-2-4-6-14/h2-6,15-16,19H,7-13H2,1H3/t15-,16+,17-/m1/s1. The molecule has 2 aliphatic heterocycles. The molecule has 2 bridgehead atoms. The van der Waals surface area contributed by atoms with Gasteiger partial charge in [0.2, 0.25) is 0 Å². The third-order valence-electron chi connectivity index (χ3n) is 5.43. The molecule has 0 aliphatic carbocycles. The van der Waals surface area contributed by atoms with Gasteiger partial charge in [-0.05, 0) is 31.2 Å². The van der Waals surface area contributed by atoms with Crippen LogP contribution in [0.1, 0.15) is 24.8 Å². The van der Waals surface area contributed by atoms with E-state index in [9.17, 15) is 13.5 Å². The summed E-state index contributed by atoms with van der Waals surface area (Å²) in [6, 6.07) is 11.1. The maximum Gasteiger partial charge on any atom is 0.148 e. The van der Waals surface area contributed by atoms with Crippen molar-refractivity contribution < 1.29 is 13.5 Å². The lowest BCUT2D eigenvalue weighted by atomic mass is 9.70. The first kappa shape index (κ1) is 16.0. The van der Waals surface area contributed by atoms with Gasteiger partial charge < -0.3 is 5.11 Å².